The lowest BCUT2D eigenvalue weighted by atomic mass is 10.1. The van der Waals surface area contributed by atoms with Gasteiger partial charge in [-0.05, 0) is 30.7 Å². The SMILES string of the molecule is Nc1nc2ncc(CNc3ccc(C(=O)NC(CCC(=O)NCCNC(=O)[C@H](CS)NCCN[C@@H](CS)C(=O)O)C(=O)O)cc3)nc2c(=O)[nH]1. The number of fused-ring (bicyclic) bond motifs is 1. The molecule has 11 N–H and O–H groups in total. The summed E-state index contributed by atoms with van der Waals surface area (Å²) in [6.07, 6.45) is 1.07. The maximum Gasteiger partial charge on any atom is 0.326 e. The molecule has 0 fully saturated rings. The van der Waals surface area contributed by atoms with Gasteiger partial charge >= 0.3 is 11.9 Å². The molecule has 19 nitrogen and oxygen atoms in total. The minimum atomic E-state index is -1.33. The molecule has 2 aromatic heterocycles. The normalized spacial score (nSPS) is 12.8. The van der Waals surface area contributed by atoms with Gasteiger partial charge in [-0.3, -0.25) is 29.0 Å². The fraction of sp³-hybridized carbons (Fsp3) is 0.414. The van der Waals surface area contributed by atoms with Gasteiger partial charge in [-0.2, -0.15) is 30.2 Å². The molecule has 21 heteroatoms. The molecule has 3 atom stereocenters. The van der Waals surface area contributed by atoms with Crippen LogP contribution >= 0.6 is 25.3 Å². The monoisotopic (exact) mass is 733 g/mol. The number of aliphatic carboxylic acids is 2. The van der Waals surface area contributed by atoms with Crippen LogP contribution in [0.1, 0.15) is 28.9 Å². The summed E-state index contributed by atoms with van der Waals surface area (Å²) in [6.45, 7) is 0.976. The van der Waals surface area contributed by atoms with Gasteiger partial charge in [-0.1, -0.05) is 0 Å². The summed E-state index contributed by atoms with van der Waals surface area (Å²) in [5, 5.41) is 35.1. The van der Waals surface area contributed by atoms with Crippen LogP contribution < -0.4 is 43.2 Å². The van der Waals surface area contributed by atoms with Crippen LogP contribution in [0.25, 0.3) is 11.2 Å². The zero-order valence-electron chi connectivity index (χ0n) is 26.6. The van der Waals surface area contributed by atoms with E-state index >= 15 is 0 Å². The number of nitrogens with zero attached hydrogens (tertiary/aromatic N) is 3. The molecule has 0 saturated heterocycles. The van der Waals surface area contributed by atoms with E-state index in [2.05, 4.69) is 77.1 Å². The van der Waals surface area contributed by atoms with Gasteiger partial charge < -0.3 is 47.8 Å². The van der Waals surface area contributed by atoms with Gasteiger partial charge in [0.25, 0.3) is 11.5 Å². The molecule has 50 heavy (non-hydrogen) atoms. The molecule has 3 rings (SSSR count). The van der Waals surface area contributed by atoms with Gasteiger partial charge in [-0.25, -0.2) is 14.8 Å². The Bertz CT molecular complexity index is 1710. The van der Waals surface area contributed by atoms with Gasteiger partial charge in [0.1, 0.15) is 12.1 Å². The van der Waals surface area contributed by atoms with Crippen LogP contribution in [-0.4, -0.2) is 116 Å². The summed E-state index contributed by atoms with van der Waals surface area (Å²) in [6, 6.07) is 3.40. The predicted octanol–water partition coefficient (Wildman–Crippen LogP) is -2.04. The van der Waals surface area contributed by atoms with Gasteiger partial charge in [0.15, 0.2) is 11.2 Å². The van der Waals surface area contributed by atoms with Crippen molar-refractivity contribution in [3.05, 3.63) is 52.1 Å². The van der Waals surface area contributed by atoms with Crippen LogP contribution in [0, 0.1) is 0 Å². The number of thiol groups is 2. The maximum atomic E-state index is 12.7. The van der Waals surface area contributed by atoms with Gasteiger partial charge in [0.2, 0.25) is 17.8 Å². The molecular formula is C29H39N11O8S2. The average Bonchev–Trinajstić information content (AvgIpc) is 3.09. The van der Waals surface area contributed by atoms with Crippen molar-refractivity contribution in [1.82, 2.24) is 46.5 Å². The van der Waals surface area contributed by atoms with E-state index in [0.29, 0.717) is 17.9 Å². The van der Waals surface area contributed by atoms with E-state index in [1.165, 1.54) is 18.3 Å². The minimum Gasteiger partial charge on any atom is -0.480 e. The van der Waals surface area contributed by atoms with Crippen molar-refractivity contribution in [2.24, 2.45) is 0 Å². The molecule has 0 saturated carbocycles. The fourth-order valence-corrected chi connectivity index (χ4v) is 4.90. The van der Waals surface area contributed by atoms with E-state index in [4.69, 9.17) is 10.8 Å². The van der Waals surface area contributed by atoms with E-state index in [0.717, 1.165) is 0 Å². The lowest BCUT2D eigenvalue weighted by Crippen LogP contribution is -2.50. The smallest absolute Gasteiger partial charge is 0.326 e. The summed E-state index contributed by atoms with van der Waals surface area (Å²) < 4.78 is 0. The first kappa shape index (κ1) is 39.4. The maximum absolute atomic E-state index is 12.7. The highest BCUT2D eigenvalue weighted by Crippen LogP contribution is 2.12. The van der Waals surface area contributed by atoms with Crippen molar-refractivity contribution in [1.29, 1.82) is 0 Å². The number of carboxylic acid groups (broad SMARTS) is 2. The number of nitrogen functional groups attached to an aromatic ring is 1. The van der Waals surface area contributed by atoms with Gasteiger partial charge in [-0.15, -0.1) is 0 Å². The van der Waals surface area contributed by atoms with Crippen molar-refractivity contribution in [2.45, 2.75) is 37.5 Å². The van der Waals surface area contributed by atoms with Crippen LogP contribution in [0.4, 0.5) is 11.6 Å². The van der Waals surface area contributed by atoms with Gasteiger partial charge in [0.05, 0.1) is 24.5 Å². The number of nitrogens with two attached hydrogens (primary N) is 1. The summed E-state index contributed by atoms with van der Waals surface area (Å²) in [4.78, 5) is 86.9. The number of anilines is 2. The molecule has 1 unspecified atom stereocenters. The van der Waals surface area contributed by atoms with E-state index in [1.54, 1.807) is 12.1 Å². The number of hydrogen-bond acceptors (Lipinski definition) is 15. The highest BCUT2D eigenvalue weighted by molar-refractivity contribution is 7.80. The molecule has 2 heterocycles. The highest BCUT2D eigenvalue weighted by Gasteiger charge is 2.22. The second-order valence-corrected chi connectivity index (χ2v) is 11.4. The Labute approximate surface area is 296 Å². The number of aromatic nitrogens is 4. The largest absolute Gasteiger partial charge is 0.480 e. The van der Waals surface area contributed by atoms with Crippen LogP contribution in [0.15, 0.2) is 35.3 Å². The molecule has 3 aromatic rings. The Morgan fingerprint density at radius 1 is 0.860 bits per heavy atom. The van der Waals surface area contributed by atoms with Crippen LogP contribution in [0.2, 0.25) is 0 Å². The Morgan fingerprint density at radius 3 is 2.14 bits per heavy atom. The number of nitrogens with one attached hydrogen (secondary N) is 7. The first-order valence-electron chi connectivity index (χ1n) is 15.3. The van der Waals surface area contributed by atoms with E-state index in [-0.39, 0.29) is 79.1 Å². The van der Waals surface area contributed by atoms with Crippen LogP contribution in [0.5, 0.6) is 0 Å². The van der Waals surface area contributed by atoms with Crippen LogP contribution in [-0.2, 0) is 25.7 Å². The number of carboxylic acids is 2. The zero-order chi connectivity index (χ0) is 36.6. The highest BCUT2D eigenvalue weighted by atomic mass is 32.1. The number of amides is 3. The van der Waals surface area contributed by atoms with Crippen molar-refractivity contribution in [2.75, 3.05) is 48.7 Å². The second-order valence-electron chi connectivity index (χ2n) is 10.7. The summed E-state index contributed by atoms with van der Waals surface area (Å²) in [5.41, 5.74) is 6.41. The van der Waals surface area contributed by atoms with E-state index in [9.17, 15) is 33.9 Å². The minimum absolute atomic E-state index is 0.0393. The number of hydrogen-bond donors (Lipinski definition) is 12. The molecule has 0 aliphatic heterocycles. The van der Waals surface area contributed by atoms with Crippen molar-refractivity contribution in [3.8, 4) is 0 Å². The molecule has 3 amide bonds. The van der Waals surface area contributed by atoms with Crippen molar-refractivity contribution >= 4 is 77.7 Å². The molecule has 0 aliphatic rings. The summed E-state index contributed by atoms with van der Waals surface area (Å²) >= 11 is 8.13. The number of H-pyrrole nitrogens is 1. The first-order chi connectivity index (χ1) is 23.9. The molecule has 270 valence electrons. The molecular weight excluding hydrogens is 695 g/mol. The first-order valence-corrected chi connectivity index (χ1v) is 16.5. The van der Waals surface area contributed by atoms with E-state index < -0.39 is 47.4 Å². The Kier molecular flexibility index (Phi) is 15.7. The predicted molar refractivity (Wildman–Crippen MR) is 189 cm³/mol. The topological polar surface area (TPSA) is 296 Å². The molecule has 0 spiro atoms. The lowest BCUT2D eigenvalue weighted by molar-refractivity contribution is -0.140. The Hall–Kier alpha value is -4.99. The number of rotatable bonds is 21. The third kappa shape index (κ3) is 12.5. The fourth-order valence-electron chi connectivity index (χ4n) is 4.32. The number of benzene rings is 1. The number of carbonyl (C=O) groups excluding carboxylic acids is 3. The molecule has 0 radical (unpaired) electrons. The molecule has 0 aliphatic carbocycles. The third-order valence-electron chi connectivity index (χ3n) is 7.00. The zero-order valence-corrected chi connectivity index (χ0v) is 28.4. The van der Waals surface area contributed by atoms with Crippen molar-refractivity contribution < 1.29 is 34.2 Å². The number of carbonyl (C=O) groups is 5. The van der Waals surface area contributed by atoms with E-state index in [1.807, 2.05) is 0 Å². The quantitative estimate of drug-likeness (QED) is 0.0415. The summed E-state index contributed by atoms with van der Waals surface area (Å²) in [7, 11) is 0. The average molecular weight is 734 g/mol. The lowest BCUT2D eigenvalue weighted by Gasteiger charge is -2.18. The molecule has 0 bridgehead atoms. The summed E-state index contributed by atoms with van der Waals surface area (Å²) in [5.74, 6) is -3.59. The second kappa shape index (κ2) is 19.9. The van der Waals surface area contributed by atoms with Gasteiger partial charge in [0, 0.05) is 55.4 Å². The Morgan fingerprint density at radius 2 is 1.50 bits per heavy atom. The standard InChI is InChI=1S/C29H39N11O8S2/c30-29-39-23-22(26(44)40-29)37-17(12-36-23)11-35-16-3-1-15(2-4-16)24(42)38-18(27(45)46)5-6-21(41)33-9-10-34-25(43)19(13-49)31-7-8-32-20(14-50)28(47)48/h1-4,12,18-20,31-32,35,49-50H,5-11,13-14H2,(H,33,41)(H,34,43)(H,38,42)(H,45,46)(H,47,48)(H3,30,36,39,40,44)/t18?,19-,20-/m0/s1. The number of aromatic amines is 1. The van der Waals surface area contributed by atoms with Crippen molar-refractivity contribution in [3.63, 3.8) is 0 Å². The third-order valence-corrected chi connectivity index (χ3v) is 7.73. The molecule has 1 aromatic carbocycles. The van der Waals surface area contributed by atoms with Crippen LogP contribution in [0.3, 0.4) is 0 Å². The Balaban J connectivity index is 1.37.